The van der Waals surface area contributed by atoms with E-state index in [-0.39, 0.29) is 0 Å². The fraction of sp³-hybridized carbons (Fsp3) is 0.250. The van der Waals surface area contributed by atoms with E-state index in [4.69, 9.17) is 23.2 Å². The van der Waals surface area contributed by atoms with Gasteiger partial charge in [0.05, 0.1) is 20.9 Å². The Morgan fingerprint density at radius 3 is 2.59 bits per heavy atom. The Bertz CT molecular complexity index is 564. The molecule has 5 heteroatoms. The standard InChI is InChI=1S/C12H11BrCl2N2/c1-3-10-11(13)12(17(2)16-10)8-5-4-7(14)6-9(8)15/h4-6H,3H2,1-2H3. The van der Waals surface area contributed by atoms with Gasteiger partial charge in [0, 0.05) is 17.6 Å². The first kappa shape index (κ1) is 12.9. The summed E-state index contributed by atoms with van der Waals surface area (Å²) in [5.74, 6) is 0. The smallest absolute Gasteiger partial charge is 0.0839 e. The topological polar surface area (TPSA) is 17.8 Å². The normalized spacial score (nSPS) is 10.9. The fourth-order valence-electron chi connectivity index (χ4n) is 1.75. The van der Waals surface area contributed by atoms with Gasteiger partial charge in [0.2, 0.25) is 0 Å². The number of nitrogens with zero attached hydrogens (tertiary/aromatic N) is 2. The van der Waals surface area contributed by atoms with E-state index < -0.39 is 0 Å². The van der Waals surface area contributed by atoms with E-state index in [2.05, 4.69) is 28.0 Å². The van der Waals surface area contributed by atoms with Crippen molar-refractivity contribution in [3.8, 4) is 11.3 Å². The van der Waals surface area contributed by atoms with Gasteiger partial charge in [-0.25, -0.2) is 0 Å². The molecule has 0 aliphatic carbocycles. The molecule has 0 bridgehead atoms. The van der Waals surface area contributed by atoms with Crippen molar-refractivity contribution in [1.82, 2.24) is 9.78 Å². The maximum atomic E-state index is 6.21. The number of aromatic nitrogens is 2. The van der Waals surface area contributed by atoms with Crippen LogP contribution in [-0.2, 0) is 13.5 Å². The van der Waals surface area contributed by atoms with Crippen LogP contribution in [0.15, 0.2) is 22.7 Å². The lowest BCUT2D eigenvalue weighted by atomic mass is 10.1. The molecule has 90 valence electrons. The van der Waals surface area contributed by atoms with Gasteiger partial charge in [-0.1, -0.05) is 30.1 Å². The van der Waals surface area contributed by atoms with Crippen LogP contribution in [0, 0.1) is 0 Å². The Hall–Kier alpha value is -0.510. The molecule has 1 aromatic carbocycles. The van der Waals surface area contributed by atoms with Gasteiger partial charge in [-0.05, 0) is 40.5 Å². The molecule has 2 nitrogen and oxygen atoms in total. The SMILES string of the molecule is CCc1nn(C)c(-c2ccc(Cl)cc2Cl)c1Br. The first-order valence-corrected chi connectivity index (χ1v) is 6.76. The molecule has 0 aliphatic heterocycles. The fourth-order valence-corrected chi connectivity index (χ4v) is 3.08. The minimum absolute atomic E-state index is 0.629. The lowest BCUT2D eigenvalue weighted by Crippen LogP contribution is -1.94. The summed E-state index contributed by atoms with van der Waals surface area (Å²) < 4.78 is 2.82. The van der Waals surface area contributed by atoms with Crippen molar-refractivity contribution in [1.29, 1.82) is 0 Å². The molecule has 0 aliphatic rings. The summed E-state index contributed by atoms with van der Waals surface area (Å²) >= 11 is 15.7. The molecule has 0 saturated heterocycles. The van der Waals surface area contributed by atoms with Crippen LogP contribution in [0.5, 0.6) is 0 Å². The number of rotatable bonds is 2. The zero-order valence-corrected chi connectivity index (χ0v) is 12.6. The largest absolute Gasteiger partial charge is 0.266 e. The number of hydrogen-bond acceptors (Lipinski definition) is 1. The summed E-state index contributed by atoms with van der Waals surface area (Å²) in [5, 5.41) is 5.71. The van der Waals surface area contributed by atoms with Crippen molar-refractivity contribution in [3.05, 3.63) is 38.4 Å². The lowest BCUT2D eigenvalue weighted by molar-refractivity contribution is 0.753. The van der Waals surface area contributed by atoms with E-state index in [1.54, 1.807) is 6.07 Å². The first-order chi connectivity index (χ1) is 8.04. The number of benzene rings is 1. The lowest BCUT2D eigenvalue weighted by Gasteiger charge is -2.06. The maximum absolute atomic E-state index is 6.21. The van der Waals surface area contributed by atoms with Gasteiger partial charge in [0.1, 0.15) is 0 Å². The van der Waals surface area contributed by atoms with Gasteiger partial charge in [-0.2, -0.15) is 5.10 Å². The van der Waals surface area contributed by atoms with Crippen LogP contribution in [-0.4, -0.2) is 9.78 Å². The summed E-state index contributed by atoms with van der Waals surface area (Å²) in [7, 11) is 1.91. The molecule has 0 radical (unpaired) electrons. The van der Waals surface area contributed by atoms with Crippen molar-refractivity contribution >= 4 is 39.1 Å². The summed E-state index contributed by atoms with van der Waals surface area (Å²) in [6.45, 7) is 2.07. The van der Waals surface area contributed by atoms with Gasteiger partial charge < -0.3 is 0 Å². The predicted octanol–water partition coefficient (Wildman–Crippen LogP) is 4.72. The Labute approximate surface area is 119 Å². The zero-order valence-electron chi connectivity index (χ0n) is 9.47. The second kappa shape index (κ2) is 5.01. The average molecular weight is 334 g/mol. The summed E-state index contributed by atoms with van der Waals surface area (Å²) in [4.78, 5) is 0. The quantitative estimate of drug-likeness (QED) is 0.777. The Morgan fingerprint density at radius 1 is 1.35 bits per heavy atom. The van der Waals surface area contributed by atoms with Crippen molar-refractivity contribution in [3.63, 3.8) is 0 Å². The van der Waals surface area contributed by atoms with Crippen LogP contribution in [0.1, 0.15) is 12.6 Å². The van der Waals surface area contributed by atoms with Crippen LogP contribution >= 0.6 is 39.1 Å². The van der Waals surface area contributed by atoms with Crippen molar-refractivity contribution in [2.45, 2.75) is 13.3 Å². The molecule has 0 atom stereocenters. The third-order valence-electron chi connectivity index (χ3n) is 2.58. The van der Waals surface area contributed by atoms with E-state index in [9.17, 15) is 0 Å². The van der Waals surface area contributed by atoms with Crippen molar-refractivity contribution in [2.75, 3.05) is 0 Å². The highest BCUT2D eigenvalue weighted by atomic mass is 79.9. The maximum Gasteiger partial charge on any atom is 0.0839 e. The van der Waals surface area contributed by atoms with E-state index in [0.29, 0.717) is 10.0 Å². The number of hydrogen-bond donors (Lipinski definition) is 0. The minimum atomic E-state index is 0.629. The summed E-state index contributed by atoms with van der Waals surface area (Å²) in [6, 6.07) is 5.48. The van der Waals surface area contributed by atoms with E-state index >= 15 is 0 Å². The van der Waals surface area contributed by atoms with Crippen LogP contribution in [0.25, 0.3) is 11.3 Å². The van der Waals surface area contributed by atoms with Gasteiger partial charge in [0.15, 0.2) is 0 Å². The highest BCUT2D eigenvalue weighted by Crippen LogP contribution is 2.36. The van der Waals surface area contributed by atoms with E-state index in [1.807, 2.05) is 23.9 Å². The molecule has 0 unspecified atom stereocenters. The molecule has 1 heterocycles. The van der Waals surface area contributed by atoms with Crippen molar-refractivity contribution < 1.29 is 0 Å². The number of aryl methyl sites for hydroxylation is 2. The second-order valence-corrected chi connectivity index (χ2v) is 5.35. The predicted molar refractivity (Wildman–Crippen MR) is 75.7 cm³/mol. The highest BCUT2D eigenvalue weighted by molar-refractivity contribution is 9.10. The van der Waals surface area contributed by atoms with Gasteiger partial charge in [0.25, 0.3) is 0 Å². The highest BCUT2D eigenvalue weighted by Gasteiger charge is 2.16. The molecule has 2 aromatic rings. The Morgan fingerprint density at radius 2 is 2.06 bits per heavy atom. The van der Waals surface area contributed by atoms with Gasteiger partial charge in [-0.3, -0.25) is 4.68 Å². The first-order valence-electron chi connectivity index (χ1n) is 5.21. The number of halogens is 3. The van der Waals surface area contributed by atoms with Crippen LogP contribution in [0.2, 0.25) is 10.0 Å². The summed E-state index contributed by atoms with van der Waals surface area (Å²) in [5.41, 5.74) is 2.93. The van der Waals surface area contributed by atoms with Crippen LogP contribution in [0.3, 0.4) is 0 Å². The molecule has 0 amide bonds. The van der Waals surface area contributed by atoms with Gasteiger partial charge >= 0.3 is 0 Å². The molecule has 0 saturated carbocycles. The third-order valence-corrected chi connectivity index (χ3v) is 3.96. The molecular weight excluding hydrogens is 323 g/mol. The molecule has 0 N–H and O–H groups in total. The molecule has 2 rings (SSSR count). The monoisotopic (exact) mass is 332 g/mol. The molecule has 17 heavy (non-hydrogen) atoms. The van der Waals surface area contributed by atoms with Gasteiger partial charge in [-0.15, -0.1) is 0 Å². The average Bonchev–Trinajstić information content (AvgIpc) is 2.55. The van der Waals surface area contributed by atoms with Crippen molar-refractivity contribution in [2.24, 2.45) is 7.05 Å². The molecular formula is C12H11BrCl2N2. The molecule has 1 aromatic heterocycles. The third kappa shape index (κ3) is 2.37. The Kier molecular flexibility index (Phi) is 3.81. The summed E-state index contributed by atoms with van der Waals surface area (Å²) in [6.07, 6.45) is 0.875. The zero-order chi connectivity index (χ0) is 12.6. The van der Waals surface area contributed by atoms with Crippen LogP contribution < -0.4 is 0 Å². The van der Waals surface area contributed by atoms with E-state index in [0.717, 1.165) is 27.8 Å². The Balaban J connectivity index is 2.64. The minimum Gasteiger partial charge on any atom is -0.266 e. The van der Waals surface area contributed by atoms with E-state index in [1.165, 1.54) is 0 Å². The second-order valence-electron chi connectivity index (χ2n) is 3.71. The molecule has 0 spiro atoms. The van der Waals surface area contributed by atoms with Crippen LogP contribution in [0.4, 0.5) is 0 Å². The molecule has 0 fully saturated rings.